The van der Waals surface area contributed by atoms with Crippen LogP contribution in [0.3, 0.4) is 0 Å². The fourth-order valence-electron chi connectivity index (χ4n) is 2.90. The molecular formula is C18H35N3. The summed E-state index contributed by atoms with van der Waals surface area (Å²) < 4.78 is 2.21. The average Bonchev–Trinajstić information content (AvgIpc) is 2.75. The van der Waals surface area contributed by atoms with Gasteiger partial charge in [-0.1, -0.05) is 59.3 Å². The van der Waals surface area contributed by atoms with Crippen molar-refractivity contribution in [1.29, 1.82) is 0 Å². The summed E-state index contributed by atoms with van der Waals surface area (Å²) in [6.45, 7) is 11.0. The molecule has 0 atom stereocenters. The number of hydrogen-bond donors (Lipinski definition) is 1. The van der Waals surface area contributed by atoms with Crippen LogP contribution in [-0.2, 0) is 6.42 Å². The number of aryl methyl sites for hydroxylation is 1. The Labute approximate surface area is 131 Å². The fourth-order valence-corrected chi connectivity index (χ4v) is 2.90. The normalized spacial score (nSPS) is 11.8. The van der Waals surface area contributed by atoms with Crippen molar-refractivity contribution in [3.8, 4) is 0 Å². The highest BCUT2D eigenvalue weighted by molar-refractivity contribution is 5.39. The van der Waals surface area contributed by atoms with Gasteiger partial charge in [0, 0.05) is 12.0 Å². The number of nitrogens with zero attached hydrogens (tertiary/aromatic N) is 2. The third kappa shape index (κ3) is 5.37. The molecule has 0 aliphatic rings. The molecule has 1 rings (SSSR count). The van der Waals surface area contributed by atoms with Crippen molar-refractivity contribution in [2.75, 3.05) is 5.73 Å². The van der Waals surface area contributed by atoms with Crippen LogP contribution in [0.2, 0.25) is 0 Å². The van der Waals surface area contributed by atoms with Gasteiger partial charge in [-0.15, -0.1) is 0 Å². The minimum Gasteiger partial charge on any atom is -0.384 e. The smallest absolute Gasteiger partial charge is 0.127 e. The van der Waals surface area contributed by atoms with E-state index in [0.717, 1.165) is 23.8 Å². The number of rotatable bonds is 10. The number of nitrogen functional groups attached to an aromatic ring is 1. The maximum absolute atomic E-state index is 6.32. The van der Waals surface area contributed by atoms with Gasteiger partial charge in [0.25, 0.3) is 0 Å². The highest BCUT2D eigenvalue weighted by Gasteiger charge is 2.18. The molecule has 0 spiro atoms. The van der Waals surface area contributed by atoms with Crippen LogP contribution in [-0.4, -0.2) is 9.55 Å². The SMILES string of the molecule is CCCCCCCCCc1nc(C(C)C)n(C(C)C)c1N. The van der Waals surface area contributed by atoms with Crippen LogP contribution in [0.1, 0.15) is 103 Å². The van der Waals surface area contributed by atoms with Crippen LogP contribution >= 0.6 is 0 Å². The maximum atomic E-state index is 6.32. The Morgan fingerprint density at radius 3 is 2.00 bits per heavy atom. The first-order valence-corrected chi connectivity index (χ1v) is 8.85. The zero-order valence-corrected chi connectivity index (χ0v) is 14.8. The maximum Gasteiger partial charge on any atom is 0.127 e. The number of imidazole rings is 1. The van der Waals surface area contributed by atoms with E-state index in [1.54, 1.807) is 0 Å². The molecule has 21 heavy (non-hydrogen) atoms. The third-order valence-corrected chi connectivity index (χ3v) is 4.10. The van der Waals surface area contributed by atoms with Crippen LogP contribution in [0.15, 0.2) is 0 Å². The van der Waals surface area contributed by atoms with E-state index in [0.29, 0.717) is 12.0 Å². The van der Waals surface area contributed by atoms with Gasteiger partial charge in [-0.2, -0.15) is 0 Å². The van der Waals surface area contributed by atoms with E-state index < -0.39 is 0 Å². The van der Waals surface area contributed by atoms with Crippen molar-refractivity contribution in [2.45, 2.75) is 97.9 Å². The van der Waals surface area contributed by atoms with Gasteiger partial charge in [0.15, 0.2) is 0 Å². The molecule has 2 N–H and O–H groups in total. The lowest BCUT2D eigenvalue weighted by molar-refractivity contribution is 0.556. The highest BCUT2D eigenvalue weighted by Crippen LogP contribution is 2.26. The predicted molar refractivity (Wildman–Crippen MR) is 92.8 cm³/mol. The van der Waals surface area contributed by atoms with E-state index in [2.05, 4.69) is 39.2 Å². The van der Waals surface area contributed by atoms with Crippen molar-refractivity contribution in [1.82, 2.24) is 9.55 Å². The lowest BCUT2D eigenvalue weighted by atomic mass is 10.1. The van der Waals surface area contributed by atoms with Crippen molar-refractivity contribution in [2.24, 2.45) is 0 Å². The fraction of sp³-hybridized carbons (Fsp3) is 0.833. The molecule has 0 unspecified atom stereocenters. The summed E-state index contributed by atoms with van der Waals surface area (Å²) in [6.07, 6.45) is 10.3. The Hall–Kier alpha value is -0.990. The van der Waals surface area contributed by atoms with E-state index in [9.17, 15) is 0 Å². The second-order valence-corrected chi connectivity index (χ2v) is 6.79. The molecule has 3 heteroatoms. The second kappa shape index (κ2) is 9.11. The Morgan fingerprint density at radius 2 is 1.52 bits per heavy atom. The zero-order chi connectivity index (χ0) is 15.8. The van der Waals surface area contributed by atoms with Gasteiger partial charge in [0.2, 0.25) is 0 Å². The summed E-state index contributed by atoms with van der Waals surface area (Å²) >= 11 is 0. The molecule has 122 valence electrons. The number of unbranched alkanes of at least 4 members (excludes halogenated alkanes) is 6. The van der Waals surface area contributed by atoms with Gasteiger partial charge < -0.3 is 10.3 Å². The molecule has 0 amide bonds. The molecule has 0 aliphatic carbocycles. The van der Waals surface area contributed by atoms with Gasteiger partial charge in [0.05, 0.1) is 5.69 Å². The Balaban J connectivity index is 2.50. The molecule has 1 heterocycles. The topological polar surface area (TPSA) is 43.8 Å². The third-order valence-electron chi connectivity index (χ3n) is 4.10. The van der Waals surface area contributed by atoms with E-state index in [1.807, 2.05) is 0 Å². The largest absolute Gasteiger partial charge is 0.384 e. The molecule has 0 aromatic carbocycles. The Morgan fingerprint density at radius 1 is 0.952 bits per heavy atom. The molecule has 0 radical (unpaired) electrons. The van der Waals surface area contributed by atoms with Crippen LogP contribution in [0.5, 0.6) is 0 Å². The minimum absolute atomic E-state index is 0.387. The van der Waals surface area contributed by atoms with Crippen molar-refractivity contribution < 1.29 is 0 Å². The highest BCUT2D eigenvalue weighted by atomic mass is 15.2. The van der Waals surface area contributed by atoms with Crippen LogP contribution in [0.25, 0.3) is 0 Å². The minimum atomic E-state index is 0.387. The summed E-state index contributed by atoms with van der Waals surface area (Å²) in [5, 5.41) is 0. The van der Waals surface area contributed by atoms with Gasteiger partial charge in [-0.05, 0) is 26.7 Å². The van der Waals surface area contributed by atoms with E-state index in [4.69, 9.17) is 10.7 Å². The lowest BCUT2D eigenvalue weighted by Crippen LogP contribution is -2.10. The summed E-state index contributed by atoms with van der Waals surface area (Å²) in [6, 6.07) is 0.387. The summed E-state index contributed by atoms with van der Waals surface area (Å²) in [4.78, 5) is 4.82. The first kappa shape index (κ1) is 18.1. The second-order valence-electron chi connectivity index (χ2n) is 6.79. The van der Waals surface area contributed by atoms with E-state index in [-0.39, 0.29) is 0 Å². The first-order chi connectivity index (χ1) is 9.99. The number of aromatic nitrogens is 2. The molecule has 3 nitrogen and oxygen atoms in total. The van der Waals surface area contributed by atoms with Crippen molar-refractivity contribution in [3.63, 3.8) is 0 Å². The molecule has 0 fully saturated rings. The van der Waals surface area contributed by atoms with Crippen molar-refractivity contribution >= 4 is 5.82 Å². The lowest BCUT2D eigenvalue weighted by Gasteiger charge is -2.15. The van der Waals surface area contributed by atoms with Crippen LogP contribution < -0.4 is 5.73 Å². The Bertz CT molecular complexity index is 405. The zero-order valence-electron chi connectivity index (χ0n) is 14.8. The number of anilines is 1. The number of hydrogen-bond acceptors (Lipinski definition) is 2. The van der Waals surface area contributed by atoms with Gasteiger partial charge in [-0.3, -0.25) is 0 Å². The molecule has 0 aliphatic heterocycles. The summed E-state index contributed by atoms with van der Waals surface area (Å²) in [7, 11) is 0. The first-order valence-electron chi connectivity index (χ1n) is 8.85. The van der Waals surface area contributed by atoms with Gasteiger partial charge in [-0.25, -0.2) is 4.98 Å². The average molecular weight is 293 g/mol. The standard InChI is InChI=1S/C18H35N3/c1-6-7-8-9-10-11-12-13-16-17(19)21(15(4)5)18(20-16)14(2)3/h14-15H,6-13,19H2,1-5H3. The predicted octanol–water partition coefficient (Wildman–Crippen LogP) is 5.46. The molecule has 1 aromatic heterocycles. The van der Waals surface area contributed by atoms with E-state index in [1.165, 1.54) is 44.9 Å². The van der Waals surface area contributed by atoms with Crippen LogP contribution in [0.4, 0.5) is 5.82 Å². The van der Waals surface area contributed by atoms with Crippen molar-refractivity contribution in [3.05, 3.63) is 11.5 Å². The molecule has 0 saturated heterocycles. The quantitative estimate of drug-likeness (QED) is 0.582. The molecule has 0 bridgehead atoms. The van der Waals surface area contributed by atoms with Crippen LogP contribution in [0, 0.1) is 0 Å². The summed E-state index contributed by atoms with van der Waals surface area (Å²) in [5.41, 5.74) is 7.44. The van der Waals surface area contributed by atoms with Gasteiger partial charge in [0.1, 0.15) is 11.6 Å². The molecule has 1 aromatic rings. The van der Waals surface area contributed by atoms with Gasteiger partial charge >= 0.3 is 0 Å². The summed E-state index contributed by atoms with van der Waals surface area (Å²) in [5.74, 6) is 2.46. The molecule has 0 saturated carbocycles. The molecular weight excluding hydrogens is 258 g/mol. The Kier molecular flexibility index (Phi) is 7.84. The monoisotopic (exact) mass is 293 g/mol. The van der Waals surface area contributed by atoms with E-state index >= 15 is 0 Å². The number of nitrogens with two attached hydrogens (primary N) is 1.